The van der Waals surface area contributed by atoms with Gasteiger partial charge in [0.15, 0.2) is 16.4 Å². The molecule has 1 fully saturated rings. The Bertz CT molecular complexity index is 656. The SMILES string of the molecule is NC(=O)c1cccc(OCC(=O)N[C@@H]2CCS(=O)(=O)C2)c1. The maximum absolute atomic E-state index is 11.7. The third-order valence-corrected chi connectivity index (χ3v) is 4.85. The van der Waals surface area contributed by atoms with Crippen molar-refractivity contribution in [3.8, 4) is 5.75 Å². The summed E-state index contributed by atoms with van der Waals surface area (Å²) in [6.07, 6.45) is 0.422. The fourth-order valence-electron chi connectivity index (χ4n) is 2.07. The van der Waals surface area contributed by atoms with E-state index >= 15 is 0 Å². The molecule has 0 aliphatic carbocycles. The number of rotatable bonds is 5. The molecule has 0 unspecified atom stereocenters. The van der Waals surface area contributed by atoms with Crippen LogP contribution in [-0.2, 0) is 14.6 Å². The van der Waals surface area contributed by atoms with Crippen molar-refractivity contribution in [2.75, 3.05) is 18.1 Å². The zero-order chi connectivity index (χ0) is 15.5. The van der Waals surface area contributed by atoms with Crippen LogP contribution < -0.4 is 15.8 Å². The molecule has 1 aromatic carbocycles. The predicted molar refractivity (Wildman–Crippen MR) is 75.7 cm³/mol. The highest BCUT2D eigenvalue weighted by Gasteiger charge is 2.28. The Morgan fingerprint density at radius 1 is 1.38 bits per heavy atom. The number of benzene rings is 1. The number of hydrogen-bond donors (Lipinski definition) is 2. The van der Waals surface area contributed by atoms with Crippen molar-refractivity contribution in [3.63, 3.8) is 0 Å². The van der Waals surface area contributed by atoms with Gasteiger partial charge < -0.3 is 15.8 Å². The van der Waals surface area contributed by atoms with E-state index in [1.54, 1.807) is 18.2 Å². The number of sulfone groups is 1. The molecule has 0 saturated carbocycles. The Kier molecular flexibility index (Phi) is 4.46. The summed E-state index contributed by atoms with van der Waals surface area (Å²) < 4.78 is 27.8. The molecule has 1 atom stereocenters. The average molecular weight is 312 g/mol. The van der Waals surface area contributed by atoms with Gasteiger partial charge in [-0.1, -0.05) is 6.07 Å². The Balaban J connectivity index is 1.84. The van der Waals surface area contributed by atoms with Gasteiger partial charge in [0.2, 0.25) is 5.91 Å². The first kappa shape index (κ1) is 15.3. The number of carbonyl (C=O) groups excluding carboxylic acids is 2. The van der Waals surface area contributed by atoms with E-state index in [4.69, 9.17) is 10.5 Å². The van der Waals surface area contributed by atoms with Gasteiger partial charge in [-0.05, 0) is 24.6 Å². The van der Waals surface area contributed by atoms with Gasteiger partial charge >= 0.3 is 0 Å². The normalized spacial score (nSPS) is 19.9. The smallest absolute Gasteiger partial charge is 0.258 e. The highest BCUT2D eigenvalue weighted by atomic mass is 32.2. The Morgan fingerprint density at radius 3 is 2.76 bits per heavy atom. The van der Waals surface area contributed by atoms with Crippen LogP contribution in [0.1, 0.15) is 16.8 Å². The lowest BCUT2D eigenvalue weighted by Gasteiger charge is -2.11. The number of nitrogens with one attached hydrogen (secondary N) is 1. The van der Waals surface area contributed by atoms with Crippen molar-refractivity contribution in [2.45, 2.75) is 12.5 Å². The zero-order valence-electron chi connectivity index (χ0n) is 11.2. The highest BCUT2D eigenvalue weighted by molar-refractivity contribution is 7.91. The summed E-state index contributed by atoms with van der Waals surface area (Å²) in [5.41, 5.74) is 5.43. The van der Waals surface area contributed by atoms with Crippen LogP contribution in [0.15, 0.2) is 24.3 Å². The van der Waals surface area contributed by atoms with Crippen LogP contribution in [0, 0.1) is 0 Å². The predicted octanol–water partition coefficient (Wildman–Crippen LogP) is -0.532. The Labute approximate surface area is 122 Å². The minimum absolute atomic E-state index is 0.0318. The molecular formula is C13H16N2O5S. The molecule has 21 heavy (non-hydrogen) atoms. The molecule has 1 heterocycles. The molecule has 3 N–H and O–H groups in total. The number of nitrogens with two attached hydrogens (primary N) is 1. The van der Waals surface area contributed by atoms with E-state index in [0.29, 0.717) is 12.2 Å². The van der Waals surface area contributed by atoms with E-state index in [0.717, 1.165) is 0 Å². The highest BCUT2D eigenvalue weighted by Crippen LogP contribution is 2.13. The molecule has 1 saturated heterocycles. The Morgan fingerprint density at radius 2 is 2.14 bits per heavy atom. The van der Waals surface area contributed by atoms with Crippen molar-refractivity contribution < 1.29 is 22.7 Å². The fraction of sp³-hybridized carbons (Fsp3) is 0.385. The lowest BCUT2D eigenvalue weighted by atomic mass is 10.2. The quantitative estimate of drug-likeness (QED) is 0.758. The molecule has 0 aromatic heterocycles. The van der Waals surface area contributed by atoms with Crippen LogP contribution >= 0.6 is 0 Å². The second-order valence-corrected chi connectivity index (χ2v) is 7.08. The van der Waals surface area contributed by atoms with Gasteiger partial charge in [0, 0.05) is 11.6 Å². The number of hydrogen-bond acceptors (Lipinski definition) is 5. The molecule has 0 radical (unpaired) electrons. The summed E-state index contributed by atoms with van der Waals surface area (Å²) in [7, 11) is -3.03. The van der Waals surface area contributed by atoms with E-state index in [1.165, 1.54) is 6.07 Å². The molecule has 114 valence electrons. The van der Waals surface area contributed by atoms with Gasteiger partial charge in [-0.2, -0.15) is 0 Å². The van der Waals surface area contributed by atoms with Crippen molar-refractivity contribution in [3.05, 3.63) is 29.8 Å². The lowest BCUT2D eigenvalue weighted by molar-refractivity contribution is -0.123. The van der Waals surface area contributed by atoms with Crippen LogP contribution in [0.3, 0.4) is 0 Å². The third kappa shape index (κ3) is 4.45. The zero-order valence-corrected chi connectivity index (χ0v) is 12.1. The minimum Gasteiger partial charge on any atom is -0.484 e. The molecule has 0 spiro atoms. The van der Waals surface area contributed by atoms with Gasteiger partial charge in [0.05, 0.1) is 11.5 Å². The molecule has 2 amide bonds. The summed E-state index contributed by atoms with van der Waals surface area (Å²) in [6, 6.07) is 5.81. The van der Waals surface area contributed by atoms with Gasteiger partial charge in [0.25, 0.3) is 5.91 Å². The van der Waals surface area contributed by atoms with Crippen LogP contribution in [0.4, 0.5) is 0 Å². The van der Waals surface area contributed by atoms with Crippen LogP contribution in [0.5, 0.6) is 5.75 Å². The molecule has 8 heteroatoms. The third-order valence-electron chi connectivity index (χ3n) is 3.09. The number of amides is 2. The van der Waals surface area contributed by atoms with Crippen LogP contribution in [0.2, 0.25) is 0 Å². The van der Waals surface area contributed by atoms with Gasteiger partial charge in [-0.15, -0.1) is 0 Å². The van der Waals surface area contributed by atoms with Crippen molar-refractivity contribution in [1.82, 2.24) is 5.32 Å². The lowest BCUT2D eigenvalue weighted by Crippen LogP contribution is -2.38. The van der Waals surface area contributed by atoms with Crippen LogP contribution in [-0.4, -0.2) is 44.4 Å². The number of ether oxygens (including phenoxy) is 1. The summed E-state index contributed by atoms with van der Waals surface area (Å²) >= 11 is 0. The summed E-state index contributed by atoms with van der Waals surface area (Å²) in [5, 5.41) is 2.61. The number of carbonyl (C=O) groups is 2. The standard InChI is InChI=1S/C13H16N2O5S/c14-13(17)9-2-1-3-11(6-9)20-7-12(16)15-10-4-5-21(18,19)8-10/h1-3,6,10H,4-5,7-8H2,(H2,14,17)(H,15,16)/t10-/m1/s1. The largest absolute Gasteiger partial charge is 0.484 e. The molecule has 1 aromatic rings. The maximum atomic E-state index is 11.7. The first-order chi connectivity index (χ1) is 9.85. The van der Waals surface area contributed by atoms with E-state index in [-0.39, 0.29) is 29.7 Å². The summed E-state index contributed by atoms with van der Waals surface area (Å²) in [5.74, 6) is -0.571. The molecule has 7 nitrogen and oxygen atoms in total. The van der Waals surface area contributed by atoms with E-state index in [9.17, 15) is 18.0 Å². The van der Waals surface area contributed by atoms with Crippen LogP contribution in [0.25, 0.3) is 0 Å². The molecular weight excluding hydrogens is 296 g/mol. The molecule has 0 bridgehead atoms. The first-order valence-electron chi connectivity index (χ1n) is 6.38. The monoisotopic (exact) mass is 312 g/mol. The first-order valence-corrected chi connectivity index (χ1v) is 8.20. The molecule has 1 aliphatic rings. The maximum Gasteiger partial charge on any atom is 0.258 e. The Hall–Kier alpha value is -2.09. The second-order valence-electron chi connectivity index (χ2n) is 4.85. The number of primary amides is 1. The van der Waals surface area contributed by atoms with Gasteiger partial charge in [0.1, 0.15) is 5.75 Å². The van der Waals surface area contributed by atoms with Gasteiger partial charge in [-0.3, -0.25) is 9.59 Å². The topological polar surface area (TPSA) is 116 Å². The van der Waals surface area contributed by atoms with Crippen molar-refractivity contribution in [1.29, 1.82) is 0 Å². The molecule has 1 aliphatic heterocycles. The van der Waals surface area contributed by atoms with Crippen molar-refractivity contribution >= 4 is 21.7 Å². The minimum atomic E-state index is -3.03. The second kappa shape index (κ2) is 6.13. The summed E-state index contributed by atoms with van der Waals surface area (Å²) in [4.78, 5) is 22.7. The average Bonchev–Trinajstić information content (AvgIpc) is 2.76. The van der Waals surface area contributed by atoms with E-state index in [2.05, 4.69) is 5.32 Å². The molecule has 2 rings (SSSR count). The van der Waals surface area contributed by atoms with E-state index < -0.39 is 21.7 Å². The summed E-state index contributed by atoms with van der Waals surface area (Å²) in [6.45, 7) is -0.251. The van der Waals surface area contributed by atoms with Gasteiger partial charge in [-0.25, -0.2) is 8.42 Å². The van der Waals surface area contributed by atoms with Crippen molar-refractivity contribution in [2.24, 2.45) is 5.73 Å². The van der Waals surface area contributed by atoms with E-state index in [1.807, 2.05) is 0 Å². The fourth-order valence-corrected chi connectivity index (χ4v) is 3.74.